The van der Waals surface area contributed by atoms with Gasteiger partial charge < -0.3 is 16.0 Å². The van der Waals surface area contributed by atoms with Gasteiger partial charge in [-0.2, -0.15) is 0 Å². The summed E-state index contributed by atoms with van der Waals surface area (Å²) in [7, 11) is 0. The Hall–Kier alpha value is -1.55. The lowest BCUT2D eigenvalue weighted by Gasteiger charge is -2.23. The van der Waals surface area contributed by atoms with Crippen LogP contribution in [-0.2, 0) is 0 Å². The lowest BCUT2D eigenvalue weighted by Crippen LogP contribution is -2.44. The first-order valence-electron chi connectivity index (χ1n) is 6.68. The average molecular weight is 249 g/mol. The van der Waals surface area contributed by atoms with Crippen LogP contribution in [-0.4, -0.2) is 25.2 Å². The second-order valence-corrected chi connectivity index (χ2v) is 3.99. The molecule has 4 heteroatoms. The average Bonchev–Trinajstić information content (AvgIpc) is 2.43. The zero-order valence-corrected chi connectivity index (χ0v) is 11.2. The summed E-state index contributed by atoms with van der Waals surface area (Å²) < 4.78 is 0. The van der Waals surface area contributed by atoms with Crippen molar-refractivity contribution in [3.05, 3.63) is 30.3 Å². The number of para-hydroxylation sites is 1. The van der Waals surface area contributed by atoms with Crippen molar-refractivity contribution in [3.63, 3.8) is 0 Å². The van der Waals surface area contributed by atoms with Gasteiger partial charge >= 0.3 is 6.03 Å². The highest BCUT2D eigenvalue weighted by atomic mass is 16.2. The fourth-order valence-corrected chi connectivity index (χ4v) is 1.84. The van der Waals surface area contributed by atoms with Crippen molar-refractivity contribution in [2.24, 2.45) is 0 Å². The number of urea groups is 1. The van der Waals surface area contributed by atoms with Crippen LogP contribution in [0.1, 0.15) is 26.7 Å². The zero-order chi connectivity index (χ0) is 13.2. The molecule has 0 aromatic heterocycles. The van der Waals surface area contributed by atoms with E-state index in [1.165, 1.54) is 0 Å². The number of hydrogen-bond acceptors (Lipinski definition) is 2. The van der Waals surface area contributed by atoms with Gasteiger partial charge in [0.2, 0.25) is 0 Å². The monoisotopic (exact) mass is 249 g/mol. The van der Waals surface area contributed by atoms with Gasteiger partial charge in [0.25, 0.3) is 0 Å². The Balaban J connectivity index is 0.000000771. The molecule has 4 nitrogen and oxygen atoms in total. The van der Waals surface area contributed by atoms with Crippen molar-refractivity contribution >= 4 is 11.7 Å². The van der Waals surface area contributed by atoms with E-state index in [1.807, 2.05) is 44.2 Å². The van der Waals surface area contributed by atoms with Gasteiger partial charge in [-0.05, 0) is 38.1 Å². The van der Waals surface area contributed by atoms with E-state index in [1.54, 1.807) is 0 Å². The van der Waals surface area contributed by atoms with Gasteiger partial charge in [-0.1, -0.05) is 32.0 Å². The first-order valence-corrected chi connectivity index (χ1v) is 6.68. The van der Waals surface area contributed by atoms with Crippen molar-refractivity contribution in [1.29, 1.82) is 0 Å². The molecular formula is C14H23N3O. The third kappa shape index (κ3) is 5.19. The molecule has 0 radical (unpaired) electrons. The number of amides is 2. The Bertz CT molecular complexity index is 334. The first-order chi connectivity index (χ1) is 8.84. The molecule has 1 aliphatic heterocycles. The van der Waals surface area contributed by atoms with Gasteiger partial charge in [0.05, 0.1) is 0 Å². The smallest absolute Gasteiger partial charge is 0.319 e. The molecule has 0 spiro atoms. The molecule has 100 valence electrons. The maximum atomic E-state index is 11.6. The highest BCUT2D eigenvalue weighted by Gasteiger charge is 2.14. The minimum absolute atomic E-state index is 0.113. The van der Waals surface area contributed by atoms with E-state index >= 15 is 0 Å². The van der Waals surface area contributed by atoms with Crippen LogP contribution < -0.4 is 16.0 Å². The van der Waals surface area contributed by atoms with Crippen LogP contribution in [0.2, 0.25) is 0 Å². The van der Waals surface area contributed by atoms with Crippen molar-refractivity contribution in [3.8, 4) is 0 Å². The van der Waals surface area contributed by atoms with Gasteiger partial charge in [-0.25, -0.2) is 4.79 Å². The third-order valence-corrected chi connectivity index (χ3v) is 2.71. The second kappa shape index (κ2) is 8.53. The van der Waals surface area contributed by atoms with E-state index in [9.17, 15) is 4.79 Å². The number of carbonyl (C=O) groups excluding carboxylic acids is 1. The minimum Gasteiger partial charge on any atom is -0.335 e. The van der Waals surface area contributed by atoms with E-state index in [-0.39, 0.29) is 6.03 Å². The summed E-state index contributed by atoms with van der Waals surface area (Å²) in [5.41, 5.74) is 0.828. The maximum absolute atomic E-state index is 11.6. The number of benzene rings is 1. The predicted octanol–water partition coefficient (Wildman–Crippen LogP) is 2.59. The van der Waals surface area contributed by atoms with E-state index < -0.39 is 0 Å². The predicted molar refractivity (Wildman–Crippen MR) is 75.8 cm³/mol. The first kappa shape index (κ1) is 14.5. The van der Waals surface area contributed by atoms with Crippen LogP contribution >= 0.6 is 0 Å². The maximum Gasteiger partial charge on any atom is 0.319 e. The molecule has 3 N–H and O–H groups in total. The third-order valence-electron chi connectivity index (χ3n) is 2.71. The van der Waals surface area contributed by atoms with E-state index in [4.69, 9.17) is 0 Å². The Morgan fingerprint density at radius 1 is 1.17 bits per heavy atom. The van der Waals surface area contributed by atoms with Crippen LogP contribution in [0.4, 0.5) is 10.5 Å². The molecule has 1 saturated heterocycles. The van der Waals surface area contributed by atoms with E-state index in [0.717, 1.165) is 31.6 Å². The quantitative estimate of drug-likeness (QED) is 0.754. The molecule has 0 bridgehead atoms. The normalized spacial score (nSPS) is 15.2. The highest BCUT2D eigenvalue weighted by Crippen LogP contribution is 2.06. The molecule has 0 saturated carbocycles. The van der Waals surface area contributed by atoms with Crippen molar-refractivity contribution < 1.29 is 4.79 Å². The fraction of sp³-hybridized carbons (Fsp3) is 0.500. The van der Waals surface area contributed by atoms with Crippen molar-refractivity contribution in [2.45, 2.75) is 32.7 Å². The van der Waals surface area contributed by atoms with Crippen LogP contribution in [0.15, 0.2) is 30.3 Å². The van der Waals surface area contributed by atoms with Crippen LogP contribution in [0.3, 0.4) is 0 Å². The molecule has 1 aromatic rings. The molecule has 1 aromatic carbocycles. The lowest BCUT2D eigenvalue weighted by molar-refractivity contribution is 0.245. The molecular weight excluding hydrogens is 226 g/mol. The van der Waals surface area contributed by atoms with E-state index in [2.05, 4.69) is 16.0 Å². The Kier molecular flexibility index (Phi) is 6.87. The van der Waals surface area contributed by atoms with Gasteiger partial charge in [0.1, 0.15) is 0 Å². The molecule has 2 rings (SSSR count). The SMILES string of the molecule is CC.O=C(Nc1ccccc1)NC1CCNCC1. The topological polar surface area (TPSA) is 53.2 Å². The lowest BCUT2D eigenvalue weighted by atomic mass is 10.1. The summed E-state index contributed by atoms with van der Waals surface area (Å²) in [5, 5.41) is 9.06. The second-order valence-electron chi connectivity index (χ2n) is 3.99. The van der Waals surface area contributed by atoms with Crippen molar-refractivity contribution in [1.82, 2.24) is 10.6 Å². The molecule has 0 aliphatic carbocycles. The number of anilines is 1. The number of hydrogen-bond donors (Lipinski definition) is 3. The Morgan fingerprint density at radius 2 is 1.78 bits per heavy atom. The van der Waals surface area contributed by atoms with E-state index in [0.29, 0.717) is 6.04 Å². The fourth-order valence-electron chi connectivity index (χ4n) is 1.84. The molecule has 0 atom stereocenters. The summed E-state index contributed by atoms with van der Waals surface area (Å²) in [5.74, 6) is 0. The Labute approximate surface area is 109 Å². The number of rotatable bonds is 2. The highest BCUT2D eigenvalue weighted by molar-refractivity contribution is 5.89. The molecule has 2 amide bonds. The summed E-state index contributed by atoms with van der Waals surface area (Å²) in [6, 6.07) is 9.67. The van der Waals surface area contributed by atoms with Gasteiger partial charge in [-0.3, -0.25) is 0 Å². The van der Waals surface area contributed by atoms with Crippen LogP contribution in [0.5, 0.6) is 0 Å². The summed E-state index contributed by atoms with van der Waals surface area (Å²) in [6.07, 6.45) is 2.00. The van der Waals surface area contributed by atoms with Crippen LogP contribution in [0, 0.1) is 0 Å². The summed E-state index contributed by atoms with van der Waals surface area (Å²) in [4.78, 5) is 11.6. The standard InChI is InChI=1S/C12H17N3O.C2H6/c16-12(14-10-4-2-1-3-5-10)15-11-6-8-13-9-7-11;1-2/h1-5,11,13H,6-9H2,(H2,14,15,16);1-2H3. The molecule has 18 heavy (non-hydrogen) atoms. The zero-order valence-electron chi connectivity index (χ0n) is 11.2. The van der Waals surface area contributed by atoms with Crippen molar-refractivity contribution in [2.75, 3.05) is 18.4 Å². The van der Waals surface area contributed by atoms with Crippen LogP contribution in [0.25, 0.3) is 0 Å². The largest absolute Gasteiger partial charge is 0.335 e. The summed E-state index contributed by atoms with van der Waals surface area (Å²) in [6.45, 7) is 5.96. The number of nitrogens with one attached hydrogen (secondary N) is 3. The van der Waals surface area contributed by atoms with Gasteiger partial charge in [-0.15, -0.1) is 0 Å². The Morgan fingerprint density at radius 3 is 2.39 bits per heavy atom. The molecule has 1 aliphatic rings. The number of carbonyl (C=O) groups is 1. The summed E-state index contributed by atoms with van der Waals surface area (Å²) >= 11 is 0. The number of piperidine rings is 1. The molecule has 0 unspecified atom stereocenters. The molecule has 1 heterocycles. The van der Waals surface area contributed by atoms with Gasteiger partial charge in [0, 0.05) is 11.7 Å². The minimum atomic E-state index is -0.113. The van der Waals surface area contributed by atoms with Gasteiger partial charge in [0.15, 0.2) is 0 Å². The molecule has 1 fully saturated rings.